The second kappa shape index (κ2) is 5.07. The second-order valence-corrected chi connectivity index (χ2v) is 3.52. The molecule has 0 aromatic carbocycles. The molecule has 0 bridgehead atoms. The van der Waals surface area contributed by atoms with Crippen LogP contribution >= 0.6 is 0 Å². The summed E-state index contributed by atoms with van der Waals surface area (Å²) in [6, 6.07) is 0. The van der Waals surface area contributed by atoms with E-state index in [1.165, 1.54) is 6.42 Å². The van der Waals surface area contributed by atoms with E-state index in [1.54, 1.807) is 0 Å². The summed E-state index contributed by atoms with van der Waals surface area (Å²) < 4.78 is 0. The molecule has 0 heterocycles. The van der Waals surface area contributed by atoms with Gasteiger partial charge in [0.2, 0.25) is 0 Å². The van der Waals surface area contributed by atoms with Gasteiger partial charge < -0.3 is 0 Å². The number of hydrogen-bond acceptors (Lipinski definition) is 2. The number of rotatable bonds is 0. The Hall–Kier alpha value is -0.660. The Labute approximate surface area is 73.3 Å². The van der Waals surface area contributed by atoms with Crippen molar-refractivity contribution in [1.82, 2.24) is 0 Å². The largest absolute Gasteiger partial charge is 0.299 e. The van der Waals surface area contributed by atoms with Crippen LogP contribution in [0.15, 0.2) is 0 Å². The first-order valence-electron chi connectivity index (χ1n) is 4.82. The summed E-state index contributed by atoms with van der Waals surface area (Å²) in [5.41, 5.74) is 0. The van der Waals surface area contributed by atoms with Gasteiger partial charge >= 0.3 is 0 Å². The summed E-state index contributed by atoms with van der Waals surface area (Å²) in [5.74, 6) is 0.281. The van der Waals surface area contributed by atoms with Crippen LogP contribution in [0.25, 0.3) is 0 Å². The van der Waals surface area contributed by atoms with Crippen molar-refractivity contribution in [2.75, 3.05) is 0 Å². The first-order chi connectivity index (χ1) is 5.79. The molecule has 1 saturated carbocycles. The summed E-state index contributed by atoms with van der Waals surface area (Å²) in [6.45, 7) is 0. The van der Waals surface area contributed by atoms with Crippen LogP contribution in [0.1, 0.15) is 51.4 Å². The molecular formula is C10H16O2. The fraction of sp³-hybridized carbons (Fsp3) is 0.800. The third-order valence-corrected chi connectivity index (χ3v) is 2.31. The van der Waals surface area contributed by atoms with Crippen LogP contribution in [-0.4, -0.2) is 11.6 Å². The Balaban J connectivity index is 2.34. The number of Topliss-reactive ketones (excluding diaryl/α,β-unsaturated/α-hetero) is 2. The van der Waals surface area contributed by atoms with E-state index in [0.29, 0.717) is 12.8 Å². The van der Waals surface area contributed by atoms with E-state index in [-0.39, 0.29) is 18.0 Å². The monoisotopic (exact) mass is 168 g/mol. The highest BCUT2D eigenvalue weighted by Gasteiger charge is 2.10. The molecule has 2 heteroatoms. The van der Waals surface area contributed by atoms with Crippen molar-refractivity contribution in [2.45, 2.75) is 51.4 Å². The molecule has 68 valence electrons. The molecule has 0 N–H and O–H groups in total. The molecule has 0 spiro atoms. The zero-order valence-electron chi connectivity index (χ0n) is 7.47. The van der Waals surface area contributed by atoms with Crippen LogP contribution in [0.3, 0.4) is 0 Å². The fourth-order valence-electron chi connectivity index (χ4n) is 1.57. The summed E-state index contributed by atoms with van der Waals surface area (Å²) in [6.07, 6.45) is 6.87. The van der Waals surface area contributed by atoms with Crippen LogP contribution in [0.2, 0.25) is 0 Å². The Kier molecular flexibility index (Phi) is 3.98. The lowest BCUT2D eigenvalue weighted by molar-refractivity contribution is -0.127. The van der Waals surface area contributed by atoms with Gasteiger partial charge in [0, 0.05) is 12.8 Å². The van der Waals surface area contributed by atoms with E-state index in [4.69, 9.17) is 0 Å². The Morgan fingerprint density at radius 3 is 1.58 bits per heavy atom. The average Bonchev–Trinajstić information content (AvgIpc) is 2.02. The van der Waals surface area contributed by atoms with Gasteiger partial charge in [0.1, 0.15) is 11.6 Å². The van der Waals surface area contributed by atoms with Crippen molar-refractivity contribution < 1.29 is 9.59 Å². The quantitative estimate of drug-likeness (QED) is 0.520. The summed E-state index contributed by atoms with van der Waals surface area (Å²) in [5, 5.41) is 0. The molecule has 0 amide bonds. The lowest BCUT2D eigenvalue weighted by atomic mass is 9.99. The number of carbonyl (C=O) groups is 2. The Morgan fingerprint density at radius 1 is 0.667 bits per heavy atom. The maximum absolute atomic E-state index is 11.1. The molecule has 1 aliphatic rings. The lowest BCUT2D eigenvalue weighted by Gasteiger charge is -2.05. The van der Waals surface area contributed by atoms with Crippen LogP contribution in [0.5, 0.6) is 0 Å². The van der Waals surface area contributed by atoms with Gasteiger partial charge in [-0.25, -0.2) is 0 Å². The summed E-state index contributed by atoms with van der Waals surface area (Å²) >= 11 is 0. The highest BCUT2D eigenvalue weighted by Crippen LogP contribution is 2.12. The zero-order valence-corrected chi connectivity index (χ0v) is 7.47. The summed E-state index contributed by atoms with van der Waals surface area (Å²) in [7, 11) is 0. The predicted molar refractivity (Wildman–Crippen MR) is 47.0 cm³/mol. The van der Waals surface area contributed by atoms with Crippen LogP contribution in [-0.2, 0) is 9.59 Å². The van der Waals surface area contributed by atoms with Gasteiger partial charge in [-0.3, -0.25) is 9.59 Å². The molecule has 0 saturated heterocycles. The van der Waals surface area contributed by atoms with Crippen LogP contribution < -0.4 is 0 Å². The predicted octanol–water partition coefficient (Wildman–Crippen LogP) is 2.26. The maximum atomic E-state index is 11.1. The minimum atomic E-state index is 0.141. The minimum Gasteiger partial charge on any atom is -0.299 e. The van der Waals surface area contributed by atoms with Gasteiger partial charge in [-0.05, 0) is 12.8 Å². The minimum absolute atomic E-state index is 0.141. The molecule has 2 nitrogen and oxygen atoms in total. The number of carbonyl (C=O) groups excluding carboxylic acids is 2. The highest BCUT2D eigenvalue weighted by molar-refractivity contribution is 5.98. The van der Waals surface area contributed by atoms with Crippen molar-refractivity contribution in [3.63, 3.8) is 0 Å². The smallest absolute Gasteiger partial charge is 0.140 e. The molecule has 1 aliphatic carbocycles. The number of ketones is 2. The average molecular weight is 168 g/mol. The number of hydrogen-bond donors (Lipinski definition) is 0. The van der Waals surface area contributed by atoms with E-state index < -0.39 is 0 Å². The SMILES string of the molecule is O=C1CCCCCCCC(=O)C1. The first kappa shape index (κ1) is 9.43. The van der Waals surface area contributed by atoms with Crippen LogP contribution in [0, 0.1) is 0 Å². The van der Waals surface area contributed by atoms with E-state index >= 15 is 0 Å². The molecule has 1 fully saturated rings. The third kappa shape index (κ3) is 3.65. The van der Waals surface area contributed by atoms with Crippen molar-refractivity contribution in [3.8, 4) is 0 Å². The lowest BCUT2D eigenvalue weighted by Crippen LogP contribution is -2.08. The molecule has 0 aliphatic heterocycles. The second-order valence-electron chi connectivity index (χ2n) is 3.52. The molecule has 0 aromatic heterocycles. The van der Waals surface area contributed by atoms with Crippen molar-refractivity contribution in [1.29, 1.82) is 0 Å². The normalized spacial score (nSPS) is 22.3. The molecular weight excluding hydrogens is 152 g/mol. The van der Waals surface area contributed by atoms with E-state index in [2.05, 4.69) is 0 Å². The van der Waals surface area contributed by atoms with E-state index in [1.807, 2.05) is 0 Å². The van der Waals surface area contributed by atoms with Gasteiger partial charge in [-0.15, -0.1) is 0 Å². The molecule has 0 atom stereocenters. The van der Waals surface area contributed by atoms with Gasteiger partial charge in [0.25, 0.3) is 0 Å². The van der Waals surface area contributed by atoms with E-state index in [0.717, 1.165) is 25.7 Å². The van der Waals surface area contributed by atoms with E-state index in [9.17, 15) is 9.59 Å². The van der Waals surface area contributed by atoms with Crippen molar-refractivity contribution in [3.05, 3.63) is 0 Å². The van der Waals surface area contributed by atoms with Crippen molar-refractivity contribution >= 4 is 11.6 Å². The summed E-state index contributed by atoms with van der Waals surface area (Å²) in [4.78, 5) is 22.2. The topological polar surface area (TPSA) is 34.1 Å². The fourth-order valence-corrected chi connectivity index (χ4v) is 1.57. The first-order valence-corrected chi connectivity index (χ1v) is 4.82. The van der Waals surface area contributed by atoms with Crippen LogP contribution in [0.4, 0.5) is 0 Å². The van der Waals surface area contributed by atoms with Gasteiger partial charge in [-0.2, -0.15) is 0 Å². The van der Waals surface area contributed by atoms with Gasteiger partial charge in [0.05, 0.1) is 6.42 Å². The van der Waals surface area contributed by atoms with Crippen molar-refractivity contribution in [2.24, 2.45) is 0 Å². The highest BCUT2D eigenvalue weighted by atomic mass is 16.1. The van der Waals surface area contributed by atoms with Gasteiger partial charge in [-0.1, -0.05) is 19.3 Å². The Morgan fingerprint density at radius 2 is 1.08 bits per heavy atom. The Bertz CT molecular complexity index is 155. The molecule has 12 heavy (non-hydrogen) atoms. The van der Waals surface area contributed by atoms with Gasteiger partial charge in [0.15, 0.2) is 0 Å². The molecule has 0 radical (unpaired) electrons. The molecule has 0 unspecified atom stereocenters. The standard InChI is InChI=1S/C10H16O2/c11-9-6-4-2-1-3-5-7-10(12)8-9/h1-8H2. The molecule has 1 rings (SSSR count). The maximum Gasteiger partial charge on any atom is 0.140 e. The third-order valence-electron chi connectivity index (χ3n) is 2.31. The zero-order chi connectivity index (χ0) is 8.81. The molecule has 0 aromatic rings.